The maximum atomic E-state index is 10.5. The highest BCUT2D eigenvalue weighted by Gasteiger charge is 2.01. The zero-order valence-corrected chi connectivity index (χ0v) is 10.4. The largest absolute Gasteiger partial charge is 0.478 e. The Hall–Kier alpha value is -1.35. The molecule has 1 N–H and O–H groups in total. The maximum Gasteiger partial charge on any atom is 0.330 e. The Morgan fingerprint density at radius 2 is 2.12 bits per heavy atom. The van der Waals surface area contributed by atoms with Crippen LogP contribution < -0.4 is 0 Å². The molecule has 1 aromatic carbocycles. The number of hydrogen-bond donors (Lipinski definition) is 1. The second-order valence-electron chi connectivity index (χ2n) is 3.37. The van der Waals surface area contributed by atoms with E-state index in [9.17, 15) is 4.79 Å². The molecule has 2 nitrogen and oxygen atoms in total. The van der Waals surface area contributed by atoms with Crippen LogP contribution in [-0.4, -0.2) is 11.1 Å². The zero-order valence-electron chi connectivity index (χ0n) is 8.82. The van der Waals surface area contributed by atoms with E-state index in [1.807, 2.05) is 36.4 Å². The first kappa shape index (κ1) is 12.7. The highest BCUT2D eigenvalue weighted by molar-refractivity contribution is 9.10. The molecule has 1 rings (SSSR count). The number of benzene rings is 1. The van der Waals surface area contributed by atoms with Gasteiger partial charge in [-0.15, -0.1) is 0 Å². The summed E-state index contributed by atoms with van der Waals surface area (Å²) >= 11 is 3.44. The molecule has 84 valence electrons. The number of carboxylic acids is 1. The molecule has 0 heterocycles. The lowest BCUT2D eigenvalue weighted by Gasteiger charge is -1.98. The lowest BCUT2D eigenvalue weighted by Crippen LogP contribution is -1.97. The fourth-order valence-electron chi connectivity index (χ4n) is 1.19. The van der Waals surface area contributed by atoms with Gasteiger partial charge in [-0.3, -0.25) is 0 Å². The Bertz CT molecular complexity index is 422. The molecule has 0 fully saturated rings. The lowest BCUT2D eigenvalue weighted by molar-refractivity contribution is -0.132. The fraction of sp³-hybridized carbons (Fsp3) is 0.154. The van der Waals surface area contributed by atoms with Crippen molar-refractivity contribution in [2.24, 2.45) is 0 Å². The van der Waals surface area contributed by atoms with Gasteiger partial charge in [0.25, 0.3) is 0 Å². The van der Waals surface area contributed by atoms with E-state index >= 15 is 0 Å². The Morgan fingerprint density at radius 1 is 1.44 bits per heavy atom. The number of allylic oxidation sites excluding steroid dienone is 1. The van der Waals surface area contributed by atoms with Crippen LogP contribution >= 0.6 is 15.9 Å². The molecule has 0 aliphatic rings. The van der Waals surface area contributed by atoms with Gasteiger partial charge in [-0.1, -0.05) is 52.9 Å². The minimum Gasteiger partial charge on any atom is -0.478 e. The summed E-state index contributed by atoms with van der Waals surface area (Å²) in [4.78, 5) is 10.5. The van der Waals surface area contributed by atoms with Crippen molar-refractivity contribution in [3.05, 3.63) is 52.5 Å². The number of carboxylic acid groups (broad SMARTS) is 1. The molecule has 3 heteroatoms. The fourth-order valence-corrected chi connectivity index (χ4v) is 1.60. The first-order valence-corrected chi connectivity index (χ1v) is 5.72. The van der Waals surface area contributed by atoms with Crippen molar-refractivity contribution in [3.63, 3.8) is 0 Å². The van der Waals surface area contributed by atoms with Crippen molar-refractivity contribution in [1.29, 1.82) is 0 Å². The van der Waals surface area contributed by atoms with Gasteiger partial charge in [0.2, 0.25) is 0 Å². The molecule has 0 saturated heterocycles. The van der Waals surface area contributed by atoms with Gasteiger partial charge >= 0.3 is 5.97 Å². The molecule has 16 heavy (non-hydrogen) atoms. The van der Waals surface area contributed by atoms with E-state index in [2.05, 4.69) is 22.5 Å². The lowest BCUT2D eigenvalue weighted by atomic mass is 10.1. The third-order valence-corrected chi connectivity index (χ3v) is 2.84. The minimum atomic E-state index is -0.922. The van der Waals surface area contributed by atoms with Gasteiger partial charge in [0.1, 0.15) is 0 Å². The average Bonchev–Trinajstić information content (AvgIpc) is 2.26. The molecule has 0 spiro atoms. The number of carbonyl (C=O) groups is 1. The SMILES string of the molecule is C=C(CCC=Cc1ccccc1Br)C(=O)O. The summed E-state index contributed by atoms with van der Waals surface area (Å²) in [5.74, 6) is -0.922. The topological polar surface area (TPSA) is 37.3 Å². The van der Waals surface area contributed by atoms with Gasteiger partial charge in [-0.05, 0) is 24.5 Å². The van der Waals surface area contributed by atoms with E-state index in [4.69, 9.17) is 5.11 Å². The number of hydrogen-bond acceptors (Lipinski definition) is 1. The van der Waals surface area contributed by atoms with Gasteiger partial charge in [-0.25, -0.2) is 4.79 Å². The number of halogens is 1. The van der Waals surface area contributed by atoms with Crippen LogP contribution in [-0.2, 0) is 4.79 Å². The van der Waals surface area contributed by atoms with Crippen molar-refractivity contribution in [1.82, 2.24) is 0 Å². The first-order valence-electron chi connectivity index (χ1n) is 4.93. The van der Waals surface area contributed by atoms with Gasteiger partial charge in [0.05, 0.1) is 0 Å². The van der Waals surface area contributed by atoms with Gasteiger partial charge in [0.15, 0.2) is 0 Å². The molecule has 1 aromatic rings. The van der Waals surface area contributed by atoms with Gasteiger partial charge in [-0.2, -0.15) is 0 Å². The molecule has 0 radical (unpaired) electrons. The smallest absolute Gasteiger partial charge is 0.330 e. The molecule has 0 saturated carbocycles. The van der Waals surface area contributed by atoms with E-state index < -0.39 is 5.97 Å². The summed E-state index contributed by atoms with van der Waals surface area (Å²) in [6.07, 6.45) is 5.09. The molecular weight excluding hydrogens is 268 g/mol. The molecule has 0 amide bonds. The van der Waals surface area contributed by atoms with Crippen LogP contribution in [0.1, 0.15) is 18.4 Å². The highest BCUT2D eigenvalue weighted by atomic mass is 79.9. The first-order chi connectivity index (χ1) is 7.61. The van der Waals surface area contributed by atoms with Crippen LogP contribution in [0.4, 0.5) is 0 Å². The summed E-state index contributed by atoms with van der Waals surface area (Å²) < 4.78 is 1.03. The Kier molecular flexibility index (Phi) is 4.99. The van der Waals surface area contributed by atoms with Gasteiger partial charge < -0.3 is 5.11 Å². The van der Waals surface area contributed by atoms with Crippen molar-refractivity contribution < 1.29 is 9.90 Å². The van der Waals surface area contributed by atoms with Crippen LogP contribution in [0.5, 0.6) is 0 Å². The monoisotopic (exact) mass is 280 g/mol. The molecule has 0 bridgehead atoms. The third-order valence-electron chi connectivity index (χ3n) is 2.12. The van der Waals surface area contributed by atoms with Crippen LogP contribution in [0.3, 0.4) is 0 Å². The van der Waals surface area contributed by atoms with E-state index in [-0.39, 0.29) is 5.57 Å². The zero-order chi connectivity index (χ0) is 12.0. The molecular formula is C13H13BrO2. The maximum absolute atomic E-state index is 10.5. The van der Waals surface area contributed by atoms with Crippen LogP contribution in [0.25, 0.3) is 6.08 Å². The van der Waals surface area contributed by atoms with Crippen LogP contribution in [0.2, 0.25) is 0 Å². The molecule has 0 aliphatic heterocycles. The van der Waals surface area contributed by atoms with Crippen LogP contribution in [0.15, 0.2) is 47.0 Å². The standard InChI is InChI=1S/C13H13BrO2/c1-10(13(15)16)6-2-3-7-11-8-4-5-9-12(11)14/h3-5,7-9H,1-2,6H2,(H,15,16). The second kappa shape index (κ2) is 6.28. The summed E-state index contributed by atoms with van der Waals surface area (Å²) in [5.41, 5.74) is 1.33. The summed E-state index contributed by atoms with van der Waals surface area (Å²) in [5, 5.41) is 8.61. The summed E-state index contributed by atoms with van der Waals surface area (Å²) in [7, 11) is 0. The Morgan fingerprint density at radius 3 is 2.75 bits per heavy atom. The summed E-state index contributed by atoms with van der Waals surface area (Å²) in [6, 6.07) is 7.87. The van der Waals surface area contributed by atoms with Crippen molar-refractivity contribution >= 4 is 28.0 Å². The predicted molar refractivity (Wildman–Crippen MR) is 69.2 cm³/mol. The molecule has 0 unspecified atom stereocenters. The van der Waals surface area contributed by atoms with E-state index in [1.165, 1.54) is 0 Å². The second-order valence-corrected chi connectivity index (χ2v) is 4.23. The number of rotatable bonds is 5. The third kappa shape index (κ3) is 4.03. The predicted octanol–water partition coefficient (Wildman–Crippen LogP) is 3.88. The quantitative estimate of drug-likeness (QED) is 0.831. The Balaban J connectivity index is 2.47. The minimum absolute atomic E-state index is 0.247. The van der Waals surface area contributed by atoms with Gasteiger partial charge in [0, 0.05) is 10.0 Å². The molecule has 0 aliphatic carbocycles. The highest BCUT2D eigenvalue weighted by Crippen LogP contribution is 2.17. The molecule has 0 atom stereocenters. The van der Waals surface area contributed by atoms with Crippen molar-refractivity contribution in [3.8, 4) is 0 Å². The molecule has 0 aromatic heterocycles. The van der Waals surface area contributed by atoms with E-state index in [1.54, 1.807) is 0 Å². The van der Waals surface area contributed by atoms with Crippen molar-refractivity contribution in [2.75, 3.05) is 0 Å². The van der Waals surface area contributed by atoms with Crippen LogP contribution in [0, 0.1) is 0 Å². The van der Waals surface area contributed by atoms with E-state index in [0.29, 0.717) is 12.8 Å². The summed E-state index contributed by atoms with van der Waals surface area (Å²) in [6.45, 7) is 3.47. The van der Waals surface area contributed by atoms with Crippen molar-refractivity contribution in [2.45, 2.75) is 12.8 Å². The Labute approximate surface area is 103 Å². The van der Waals surface area contributed by atoms with E-state index in [0.717, 1.165) is 10.0 Å². The number of aliphatic carboxylic acids is 1. The normalized spacial score (nSPS) is 10.6. The average molecular weight is 281 g/mol.